The van der Waals surface area contributed by atoms with Crippen molar-refractivity contribution in [3.05, 3.63) is 26.7 Å². The van der Waals surface area contributed by atoms with Crippen molar-refractivity contribution in [3.8, 4) is 0 Å². The van der Waals surface area contributed by atoms with Crippen LogP contribution in [0.5, 0.6) is 0 Å². The molecule has 7 heteroatoms. The first-order valence-electron chi connectivity index (χ1n) is 6.59. The minimum atomic E-state index is -0.399. The van der Waals surface area contributed by atoms with Crippen molar-refractivity contribution in [2.24, 2.45) is 0 Å². The average molecular weight is 265 g/mol. The Labute approximate surface area is 110 Å². The highest BCUT2D eigenvalue weighted by Gasteiger charge is 2.11. The number of aromatic nitrogens is 4. The Bertz CT molecular complexity index is 667. The molecule has 0 radical (unpaired) electrons. The third-order valence-corrected chi connectivity index (χ3v) is 2.92. The maximum atomic E-state index is 12.1. The maximum Gasteiger partial charge on any atom is 0.330 e. The molecule has 19 heavy (non-hydrogen) atoms. The van der Waals surface area contributed by atoms with Crippen LogP contribution in [0, 0.1) is 0 Å². The number of likely N-dealkylation sites (N-methyl/N-ethyl adjacent to an activating group) is 1. The number of fused-ring (bicyclic) bond motifs is 1. The SMILES string of the molecule is CCCn1c(=O)[nH]c2nc(CCNCC)[nH]c2c1=O. The molecule has 0 atom stereocenters. The molecule has 0 aromatic carbocycles. The molecule has 2 aromatic heterocycles. The smallest absolute Gasteiger partial charge is 0.330 e. The number of nitrogens with zero attached hydrogens (tertiary/aromatic N) is 2. The van der Waals surface area contributed by atoms with E-state index in [1.165, 1.54) is 4.57 Å². The summed E-state index contributed by atoms with van der Waals surface area (Å²) >= 11 is 0. The molecule has 0 aliphatic heterocycles. The van der Waals surface area contributed by atoms with Crippen LogP contribution in [0.3, 0.4) is 0 Å². The van der Waals surface area contributed by atoms with E-state index >= 15 is 0 Å². The van der Waals surface area contributed by atoms with E-state index in [2.05, 4.69) is 20.3 Å². The van der Waals surface area contributed by atoms with E-state index in [0.717, 1.165) is 19.5 Å². The van der Waals surface area contributed by atoms with Crippen LogP contribution >= 0.6 is 0 Å². The molecule has 0 unspecified atom stereocenters. The summed E-state index contributed by atoms with van der Waals surface area (Å²) in [7, 11) is 0. The summed E-state index contributed by atoms with van der Waals surface area (Å²) in [6.45, 7) is 6.03. The van der Waals surface area contributed by atoms with Crippen molar-refractivity contribution >= 4 is 11.2 Å². The van der Waals surface area contributed by atoms with Crippen LogP contribution in [-0.2, 0) is 13.0 Å². The number of H-pyrrole nitrogens is 2. The largest absolute Gasteiger partial charge is 0.336 e. The molecule has 0 fully saturated rings. The van der Waals surface area contributed by atoms with Crippen LogP contribution in [0.25, 0.3) is 11.2 Å². The predicted molar refractivity (Wildman–Crippen MR) is 73.5 cm³/mol. The van der Waals surface area contributed by atoms with E-state index in [-0.39, 0.29) is 5.56 Å². The summed E-state index contributed by atoms with van der Waals surface area (Å²) in [4.78, 5) is 33.8. The molecule has 0 amide bonds. The van der Waals surface area contributed by atoms with Gasteiger partial charge in [-0.05, 0) is 13.0 Å². The Morgan fingerprint density at radius 1 is 1.26 bits per heavy atom. The summed E-state index contributed by atoms with van der Waals surface area (Å²) in [5.41, 5.74) is 0.0142. The van der Waals surface area contributed by atoms with Crippen LogP contribution in [0.4, 0.5) is 0 Å². The third kappa shape index (κ3) is 2.76. The number of aromatic amines is 2. The quantitative estimate of drug-likeness (QED) is 0.639. The average Bonchev–Trinajstić information content (AvgIpc) is 2.78. The molecule has 3 N–H and O–H groups in total. The first-order chi connectivity index (χ1) is 9.17. The predicted octanol–water partition coefficient (Wildman–Crippen LogP) is -0.0251. The summed E-state index contributed by atoms with van der Waals surface area (Å²) in [6, 6.07) is 0. The highest BCUT2D eigenvalue weighted by atomic mass is 16.2. The molecule has 0 aliphatic carbocycles. The molecule has 7 nitrogen and oxygen atoms in total. The van der Waals surface area contributed by atoms with Crippen molar-refractivity contribution in [1.82, 2.24) is 24.8 Å². The number of nitrogens with one attached hydrogen (secondary N) is 3. The Morgan fingerprint density at radius 3 is 2.74 bits per heavy atom. The fourth-order valence-corrected chi connectivity index (χ4v) is 1.99. The van der Waals surface area contributed by atoms with Gasteiger partial charge in [0.25, 0.3) is 5.56 Å². The minimum Gasteiger partial charge on any atom is -0.336 e. The van der Waals surface area contributed by atoms with E-state index in [4.69, 9.17) is 0 Å². The van der Waals surface area contributed by atoms with Crippen molar-refractivity contribution in [2.45, 2.75) is 33.2 Å². The molecule has 2 aromatic rings. The van der Waals surface area contributed by atoms with Gasteiger partial charge in [0.2, 0.25) is 0 Å². The van der Waals surface area contributed by atoms with Gasteiger partial charge in [-0.3, -0.25) is 14.3 Å². The first-order valence-corrected chi connectivity index (χ1v) is 6.59. The van der Waals surface area contributed by atoms with Gasteiger partial charge in [-0.1, -0.05) is 13.8 Å². The van der Waals surface area contributed by atoms with Gasteiger partial charge >= 0.3 is 5.69 Å². The van der Waals surface area contributed by atoms with Crippen molar-refractivity contribution in [2.75, 3.05) is 13.1 Å². The lowest BCUT2D eigenvalue weighted by Gasteiger charge is -2.00. The molecule has 2 heterocycles. The zero-order valence-corrected chi connectivity index (χ0v) is 11.2. The highest BCUT2D eigenvalue weighted by molar-refractivity contribution is 5.68. The zero-order valence-electron chi connectivity index (χ0n) is 11.2. The second-order valence-electron chi connectivity index (χ2n) is 4.40. The number of hydrogen-bond donors (Lipinski definition) is 3. The van der Waals surface area contributed by atoms with Gasteiger partial charge in [0.1, 0.15) is 11.3 Å². The van der Waals surface area contributed by atoms with Crippen molar-refractivity contribution < 1.29 is 0 Å². The van der Waals surface area contributed by atoms with E-state index in [1.807, 2.05) is 13.8 Å². The molecule has 0 spiro atoms. The molecule has 0 aliphatic rings. The van der Waals surface area contributed by atoms with Gasteiger partial charge in [-0.2, -0.15) is 0 Å². The van der Waals surface area contributed by atoms with Crippen LogP contribution in [0.1, 0.15) is 26.1 Å². The van der Waals surface area contributed by atoms with E-state index in [0.29, 0.717) is 30.0 Å². The Hall–Kier alpha value is -1.89. The second kappa shape index (κ2) is 5.83. The molecule has 0 bridgehead atoms. The molecule has 0 saturated carbocycles. The van der Waals surface area contributed by atoms with E-state index < -0.39 is 5.69 Å². The van der Waals surface area contributed by atoms with Gasteiger partial charge in [0.05, 0.1) is 0 Å². The third-order valence-electron chi connectivity index (χ3n) is 2.92. The number of hydrogen-bond acceptors (Lipinski definition) is 4. The number of imidazole rings is 1. The molecule has 0 saturated heterocycles. The van der Waals surface area contributed by atoms with E-state index in [9.17, 15) is 9.59 Å². The highest BCUT2D eigenvalue weighted by Crippen LogP contribution is 2.02. The lowest BCUT2D eigenvalue weighted by molar-refractivity contribution is 0.622. The van der Waals surface area contributed by atoms with Crippen LogP contribution in [0.15, 0.2) is 9.59 Å². The van der Waals surface area contributed by atoms with Crippen LogP contribution in [-0.4, -0.2) is 32.6 Å². The topological polar surface area (TPSA) is 95.6 Å². The zero-order chi connectivity index (χ0) is 13.8. The van der Waals surface area contributed by atoms with Gasteiger partial charge < -0.3 is 10.3 Å². The summed E-state index contributed by atoms with van der Waals surface area (Å²) in [5.74, 6) is 0.706. The summed E-state index contributed by atoms with van der Waals surface area (Å²) in [5, 5.41) is 3.18. The fraction of sp³-hybridized carbons (Fsp3) is 0.583. The lowest BCUT2D eigenvalue weighted by Crippen LogP contribution is -2.34. The molecular formula is C12H19N5O2. The Morgan fingerprint density at radius 2 is 2.05 bits per heavy atom. The van der Waals surface area contributed by atoms with Gasteiger partial charge in [0.15, 0.2) is 5.65 Å². The molecule has 104 valence electrons. The molecular weight excluding hydrogens is 246 g/mol. The van der Waals surface area contributed by atoms with Crippen LogP contribution in [0.2, 0.25) is 0 Å². The van der Waals surface area contributed by atoms with Crippen molar-refractivity contribution in [1.29, 1.82) is 0 Å². The second-order valence-corrected chi connectivity index (χ2v) is 4.40. The fourth-order valence-electron chi connectivity index (χ4n) is 1.99. The first kappa shape index (κ1) is 13.5. The number of rotatable bonds is 6. The van der Waals surface area contributed by atoms with Crippen LogP contribution < -0.4 is 16.6 Å². The van der Waals surface area contributed by atoms with Crippen molar-refractivity contribution in [3.63, 3.8) is 0 Å². The van der Waals surface area contributed by atoms with Gasteiger partial charge in [0, 0.05) is 19.5 Å². The summed E-state index contributed by atoms with van der Waals surface area (Å²) in [6.07, 6.45) is 1.42. The minimum absolute atomic E-state index is 0.303. The standard InChI is InChI=1S/C12H19N5O2/c1-3-7-17-11(18)9-10(16-12(17)19)15-8(14-9)5-6-13-4-2/h13H,3-7H2,1-2H3,(H,14,15)(H,16,19). The molecule has 2 rings (SSSR count). The Balaban J connectivity index is 2.40. The van der Waals surface area contributed by atoms with Gasteiger partial charge in [-0.15, -0.1) is 0 Å². The lowest BCUT2D eigenvalue weighted by atomic mass is 10.4. The van der Waals surface area contributed by atoms with Gasteiger partial charge in [-0.25, -0.2) is 9.78 Å². The monoisotopic (exact) mass is 265 g/mol. The summed E-state index contributed by atoms with van der Waals surface area (Å²) < 4.78 is 1.20. The normalized spacial score (nSPS) is 11.3. The Kier molecular flexibility index (Phi) is 4.16. The maximum absolute atomic E-state index is 12.1. The van der Waals surface area contributed by atoms with E-state index in [1.54, 1.807) is 0 Å².